The Morgan fingerprint density at radius 2 is 2.18 bits per heavy atom. The SMILES string of the molecule is O=C(CN1CCNCC1)Nc1cc(-n2cnnn2)ccc1Cl. The van der Waals surface area contributed by atoms with Crippen LogP contribution in [-0.2, 0) is 4.79 Å². The van der Waals surface area contributed by atoms with Crippen LogP contribution in [0.5, 0.6) is 0 Å². The van der Waals surface area contributed by atoms with Gasteiger partial charge >= 0.3 is 0 Å². The van der Waals surface area contributed by atoms with Gasteiger partial charge in [0.15, 0.2) is 0 Å². The lowest BCUT2D eigenvalue weighted by atomic mass is 10.2. The van der Waals surface area contributed by atoms with Crippen molar-refractivity contribution < 1.29 is 4.79 Å². The Bertz CT molecular complexity index is 640. The summed E-state index contributed by atoms with van der Waals surface area (Å²) in [5.41, 5.74) is 1.28. The predicted molar refractivity (Wildman–Crippen MR) is 82.1 cm³/mol. The predicted octanol–water partition coefficient (Wildman–Crippen LogP) is 0.159. The number of halogens is 1. The van der Waals surface area contributed by atoms with E-state index in [1.54, 1.807) is 18.2 Å². The number of carbonyl (C=O) groups is 1. The number of rotatable bonds is 4. The Morgan fingerprint density at radius 3 is 2.91 bits per heavy atom. The van der Waals surface area contributed by atoms with Gasteiger partial charge in [0, 0.05) is 26.2 Å². The monoisotopic (exact) mass is 321 g/mol. The van der Waals surface area contributed by atoms with E-state index in [1.807, 2.05) is 0 Å². The van der Waals surface area contributed by atoms with E-state index in [9.17, 15) is 4.79 Å². The Morgan fingerprint density at radius 1 is 1.36 bits per heavy atom. The molecule has 0 bridgehead atoms. The number of nitrogens with one attached hydrogen (secondary N) is 2. The van der Waals surface area contributed by atoms with Crippen LogP contribution in [0.25, 0.3) is 5.69 Å². The van der Waals surface area contributed by atoms with Crippen LogP contribution < -0.4 is 10.6 Å². The zero-order valence-corrected chi connectivity index (χ0v) is 12.6. The van der Waals surface area contributed by atoms with E-state index >= 15 is 0 Å². The summed E-state index contributed by atoms with van der Waals surface area (Å²) in [6.45, 7) is 3.90. The van der Waals surface area contributed by atoms with E-state index in [0.29, 0.717) is 17.3 Å². The van der Waals surface area contributed by atoms with Crippen molar-refractivity contribution >= 4 is 23.2 Å². The molecule has 1 aromatic carbocycles. The third-order valence-electron chi connectivity index (χ3n) is 3.41. The maximum Gasteiger partial charge on any atom is 0.238 e. The van der Waals surface area contributed by atoms with Crippen molar-refractivity contribution in [2.24, 2.45) is 0 Å². The lowest BCUT2D eigenvalue weighted by Gasteiger charge is -2.26. The van der Waals surface area contributed by atoms with Crippen LogP contribution in [0.2, 0.25) is 5.02 Å². The minimum atomic E-state index is -0.0855. The van der Waals surface area contributed by atoms with Crippen molar-refractivity contribution in [3.63, 3.8) is 0 Å². The fraction of sp³-hybridized carbons (Fsp3) is 0.385. The molecule has 1 amide bonds. The molecule has 1 fully saturated rings. The molecule has 3 rings (SSSR count). The first-order valence-electron chi connectivity index (χ1n) is 6.98. The maximum absolute atomic E-state index is 12.2. The zero-order valence-electron chi connectivity index (χ0n) is 11.9. The van der Waals surface area contributed by atoms with Crippen molar-refractivity contribution in [3.05, 3.63) is 29.5 Å². The number of nitrogens with zero attached hydrogens (tertiary/aromatic N) is 5. The minimum absolute atomic E-state index is 0.0855. The highest BCUT2D eigenvalue weighted by atomic mass is 35.5. The number of aromatic nitrogens is 4. The van der Waals surface area contributed by atoms with Crippen molar-refractivity contribution in [1.29, 1.82) is 0 Å². The lowest BCUT2D eigenvalue weighted by molar-refractivity contribution is -0.117. The number of amides is 1. The van der Waals surface area contributed by atoms with E-state index in [0.717, 1.165) is 31.9 Å². The normalized spacial score (nSPS) is 15.7. The fourth-order valence-corrected chi connectivity index (χ4v) is 2.46. The molecule has 1 saturated heterocycles. The molecule has 1 aliphatic heterocycles. The smallest absolute Gasteiger partial charge is 0.238 e. The summed E-state index contributed by atoms with van der Waals surface area (Å²) in [7, 11) is 0. The third-order valence-corrected chi connectivity index (χ3v) is 3.74. The standard InChI is InChI=1S/C13H16ClN7O/c14-11-2-1-10(21-9-16-18-19-21)7-12(11)17-13(22)8-20-5-3-15-4-6-20/h1-2,7,9,15H,3-6,8H2,(H,17,22). The molecule has 22 heavy (non-hydrogen) atoms. The van der Waals surface area contributed by atoms with Gasteiger partial charge in [0.2, 0.25) is 5.91 Å². The highest BCUT2D eigenvalue weighted by molar-refractivity contribution is 6.33. The van der Waals surface area contributed by atoms with Gasteiger partial charge < -0.3 is 10.6 Å². The molecule has 0 unspecified atom stereocenters. The average Bonchev–Trinajstić information content (AvgIpc) is 3.05. The van der Waals surface area contributed by atoms with Crippen LogP contribution in [-0.4, -0.2) is 63.7 Å². The minimum Gasteiger partial charge on any atom is -0.324 e. The molecule has 0 spiro atoms. The van der Waals surface area contributed by atoms with Crippen LogP contribution in [0.1, 0.15) is 0 Å². The van der Waals surface area contributed by atoms with Crippen molar-refractivity contribution in [1.82, 2.24) is 30.4 Å². The number of carbonyl (C=O) groups excluding carboxylic acids is 1. The number of benzene rings is 1. The van der Waals surface area contributed by atoms with Crippen molar-refractivity contribution in [2.45, 2.75) is 0 Å². The second-order valence-corrected chi connectivity index (χ2v) is 5.40. The quantitative estimate of drug-likeness (QED) is 0.834. The molecule has 8 nitrogen and oxygen atoms in total. The van der Waals surface area contributed by atoms with Gasteiger partial charge in [-0.1, -0.05) is 11.6 Å². The molecule has 2 heterocycles. The Balaban J connectivity index is 1.68. The molecule has 2 N–H and O–H groups in total. The van der Waals surface area contributed by atoms with Crippen LogP contribution in [0.4, 0.5) is 5.69 Å². The molecular weight excluding hydrogens is 306 g/mol. The number of hydrogen-bond donors (Lipinski definition) is 2. The Labute approximate surface area is 132 Å². The summed E-state index contributed by atoms with van der Waals surface area (Å²) in [6, 6.07) is 5.23. The molecule has 0 atom stereocenters. The third kappa shape index (κ3) is 3.59. The largest absolute Gasteiger partial charge is 0.324 e. The Hall–Kier alpha value is -2.03. The number of piperazine rings is 1. The highest BCUT2D eigenvalue weighted by Crippen LogP contribution is 2.24. The van der Waals surface area contributed by atoms with Crippen LogP contribution in [0.3, 0.4) is 0 Å². The molecule has 9 heteroatoms. The summed E-state index contributed by atoms with van der Waals surface area (Å²) in [5.74, 6) is -0.0855. The molecule has 0 aliphatic carbocycles. The van der Waals surface area contributed by atoms with Crippen LogP contribution in [0.15, 0.2) is 24.5 Å². The second-order valence-electron chi connectivity index (χ2n) is 4.99. The first-order chi connectivity index (χ1) is 10.7. The van der Waals surface area contributed by atoms with Crippen LogP contribution >= 0.6 is 11.6 Å². The first-order valence-corrected chi connectivity index (χ1v) is 7.36. The molecule has 1 aromatic heterocycles. The maximum atomic E-state index is 12.2. The summed E-state index contributed by atoms with van der Waals surface area (Å²) >= 11 is 6.15. The fourth-order valence-electron chi connectivity index (χ4n) is 2.29. The molecule has 2 aromatic rings. The molecule has 0 saturated carbocycles. The van der Waals surface area contributed by atoms with Crippen molar-refractivity contribution in [2.75, 3.05) is 38.0 Å². The molecular formula is C13H16ClN7O. The highest BCUT2D eigenvalue weighted by Gasteiger charge is 2.14. The molecule has 116 valence electrons. The van der Waals surface area contributed by atoms with E-state index in [1.165, 1.54) is 11.0 Å². The molecule has 0 radical (unpaired) electrons. The van der Waals surface area contributed by atoms with Gasteiger partial charge in [-0.25, -0.2) is 4.68 Å². The number of hydrogen-bond acceptors (Lipinski definition) is 6. The number of anilines is 1. The molecule has 1 aliphatic rings. The summed E-state index contributed by atoms with van der Waals surface area (Å²) < 4.78 is 1.50. The zero-order chi connectivity index (χ0) is 15.4. The van der Waals surface area contributed by atoms with Gasteiger partial charge in [0.05, 0.1) is 22.9 Å². The van der Waals surface area contributed by atoms with Gasteiger partial charge in [0.25, 0.3) is 0 Å². The van der Waals surface area contributed by atoms with E-state index in [4.69, 9.17) is 11.6 Å². The second kappa shape index (κ2) is 6.82. The first kappa shape index (κ1) is 14.9. The summed E-state index contributed by atoms with van der Waals surface area (Å²) in [5, 5.41) is 17.6. The summed E-state index contributed by atoms with van der Waals surface area (Å²) in [6.07, 6.45) is 1.48. The Kier molecular flexibility index (Phi) is 4.62. The van der Waals surface area contributed by atoms with Crippen molar-refractivity contribution in [3.8, 4) is 5.69 Å². The van der Waals surface area contributed by atoms with Gasteiger partial charge in [-0.15, -0.1) is 5.10 Å². The van der Waals surface area contributed by atoms with E-state index in [2.05, 4.69) is 31.1 Å². The van der Waals surface area contributed by atoms with E-state index < -0.39 is 0 Å². The van der Waals surface area contributed by atoms with Gasteiger partial charge in [0.1, 0.15) is 6.33 Å². The van der Waals surface area contributed by atoms with E-state index in [-0.39, 0.29) is 5.91 Å². The topological polar surface area (TPSA) is 88.0 Å². The summed E-state index contributed by atoms with van der Waals surface area (Å²) in [4.78, 5) is 14.3. The number of tetrazole rings is 1. The average molecular weight is 322 g/mol. The van der Waals surface area contributed by atoms with Gasteiger partial charge in [-0.05, 0) is 28.6 Å². The van der Waals surface area contributed by atoms with Crippen LogP contribution in [0, 0.1) is 0 Å². The van der Waals surface area contributed by atoms with Gasteiger partial charge in [-0.2, -0.15) is 0 Å². The lowest BCUT2D eigenvalue weighted by Crippen LogP contribution is -2.46. The van der Waals surface area contributed by atoms with Gasteiger partial charge in [-0.3, -0.25) is 9.69 Å².